The maximum atomic E-state index is 12.2. The highest BCUT2D eigenvalue weighted by molar-refractivity contribution is 7.89. The number of hydrogen-bond acceptors (Lipinski definition) is 4. The van der Waals surface area contributed by atoms with Crippen LogP contribution < -0.4 is 4.74 Å². The molecule has 0 amide bonds. The van der Waals surface area contributed by atoms with E-state index in [2.05, 4.69) is 5.92 Å². The van der Waals surface area contributed by atoms with Gasteiger partial charge in [-0.3, -0.25) is 0 Å². The monoisotopic (exact) mass is 298 g/mol. The molecule has 0 bridgehead atoms. The topological polar surface area (TPSA) is 70.4 Å². The first-order chi connectivity index (χ1) is 8.97. The molecule has 0 unspecified atom stereocenters. The lowest BCUT2D eigenvalue weighted by atomic mass is 10.3. The summed E-state index contributed by atoms with van der Waals surface area (Å²) in [6.45, 7) is -0.504. The Kier molecular flexibility index (Phi) is 5.20. The summed E-state index contributed by atoms with van der Waals surface area (Å²) in [5, 5.41) is 8.81. The van der Waals surface area contributed by atoms with Crippen molar-refractivity contribution < 1.29 is 13.2 Å². The van der Waals surface area contributed by atoms with Crippen LogP contribution in [0.4, 0.5) is 0 Å². The maximum Gasteiger partial charge on any atom is 0.244 e. The third-order valence-corrected chi connectivity index (χ3v) is 4.36. The van der Waals surface area contributed by atoms with Gasteiger partial charge in [0.15, 0.2) is 0 Å². The number of halogens is 1. The van der Waals surface area contributed by atoms with Gasteiger partial charge in [0.25, 0.3) is 0 Å². The van der Waals surface area contributed by atoms with E-state index in [9.17, 15) is 8.42 Å². The van der Waals surface area contributed by atoms with Crippen LogP contribution in [0.3, 0.4) is 0 Å². The summed E-state index contributed by atoms with van der Waals surface area (Å²) in [7, 11) is -2.42. The van der Waals surface area contributed by atoms with Crippen molar-refractivity contribution in [1.82, 2.24) is 4.31 Å². The highest BCUT2D eigenvalue weighted by Crippen LogP contribution is 2.28. The van der Waals surface area contributed by atoms with Crippen LogP contribution in [-0.4, -0.2) is 32.9 Å². The van der Waals surface area contributed by atoms with Gasteiger partial charge in [-0.1, -0.05) is 17.5 Å². The minimum atomic E-state index is -3.84. The second kappa shape index (κ2) is 6.44. The molecule has 0 aliphatic rings. The Bertz CT molecular complexity index is 628. The van der Waals surface area contributed by atoms with Gasteiger partial charge in [-0.25, -0.2) is 8.42 Å². The molecule has 0 aromatic heterocycles. The first-order valence-corrected chi connectivity index (χ1v) is 6.93. The fraction of sp³-hybridized carbons (Fsp3) is 0.250. The number of ether oxygens (including phenoxy) is 1. The van der Waals surface area contributed by atoms with E-state index < -0.39 is 10.0 Å². The molecule has 7 heteroatoms. The summed E-state index contributed by atoms with van der Waals surface area (Å²) in [6.07, 6.45) is 5.10. The van der Waals surface area contributed by atoms with Gasteiger partial charge >= 0.3 is 0 Å². The van der Waals surface area contributed by atoms with Gasteiger partial charge in [-0.05, 0) is 18.2 Å². The molecule has 0 fully saturated rings. The molecule has 0 heterocycles. The van der Waals surface area contributed by atoms with Crippen molar-refractivity contribution in [2.24, 2.45) is 0 Å². The van der Waals surface area contributed by atoms with E-state index in [0.29, 0.717) is 5.75 Å². The Hall–Kier alpha value is -1.73. The fourth-order valence-electron chi connectivity index (χ4n) is 1.36. The number of hydrogen-bond donors (Lipinski definition) is 0. The smallest absolute Gasteiger partial charge is 0.244 e. The summed E-state index contributed by atoms with van der Waals surface area (Å²) in [4.78, 5) is -0.0381. The van der Waals surface area contributed by atoms with E-state index in [4.69, 9.17) is 28.0 Å². The number of nitriles is 1. The minimum Gasteiger partial charge on any atom is -0.495 e. The van der Waals surface area contributed by atoms with E-state index in [-0.39, 0.29) is 23.0 Å². The number of terminal acetylenes is 1. The number of methoxy groups -OCH3 is 1. The molecule has 0 spiro atoms. The van der Waals surface area contributed by atoms with Crippen LogP contribution in [0.15, 0.2) is 23.1 Å². The van der Waals surface area contributed by atoms with Crippen LogP contribution in [0.1, 0.15) is 0 Å². The van der Waals surface area contributed by atoms with Gasteiger partial charge in [0, 0.05) is 0 Å². The predicted molar refractivity (Wildman–Crippen MR) is 71.2 cm³/mol. The standard InChI is InChI=1S/C12H11ClN2O3S/c1-3-7-15(8-6-14)19(16,17)10-4-5-12(18-2)11(13)9-10/h1,4-5,9H,7-8H2,2H3. The Morgan fingerprint density at radius 3 is 2.63 bits per heavy atom. The van der Waals surface area contributed by atoms with Gasteiger partial charge < -0.3 is 4.74 Å². The normalized spacial score (nSPS) is 10.8. The van der Waals surface area contributed by atoms with Crippen molar-refractivity contribution in [3.05, 3.63) is 23.2 Å². The van der Waals surface area contributed by atoms with Gasteiger partial charge in [0.1, 0.15) is 12.3 Å². The van der Waals surface area contributed by atoms with Gasteiger partial charge in [-0.15, -0.1) is 6.42 Å². The van der Waals surface area contributed by atoms with Crippen LogP contribution in [0.5, 0.6) is 5.75 Å². The van der Waals surface area contributed by atoms with E-state index >= 15 is 0 Å². The summed E-state index contributed by atoms with van der Waals surface area (Å²) in [5.74, 6) is 2.57. The summed E-state index contributed by atoms with van der Waals surface area (Å²) in [6, 6.07) is 5.81. The van der Waals surface area contributed by atoms with Crippen molar-refractivity contribution in [3.8, 4) is 24.2 Å². The first-order valence-electron chi connectivity index (χ1n) is 5.11. The predicted octanol–water partition coefficient (Wildman–Crippen LogP) is 1.50. The van der Waals surface area contributed by atoms with Crippen molar-refractivity contribution in [1.29, 1.82) is 5.26 Å². The van der Waals surface area contributed by atoms with Crippen LogP contribution >= 0.6 is 11.6 Å². The zero-order chi connectivity index (χ0) is 14.5. The molecule has 0 saturated carbocycles. The molecular weight excluding hydrogens is 288 g/mol. The third-order valence-electron chi connectivity index (χ3n) is 2.28. The molecule has 100 valence electrons. The molecule has 1 rings (SSSR count). The largest absolute Gasteiger partial charge is 0.495 e. The molecule has 0 atom stereocenters. The number of nitrogens with zero attached hydrogens (tertiary/aromatic N) is 2. The van der Waals surface area contributed by atoms with Gasteiger partial charge in [0.2, 0.25) is 10.0 Å². The Morgan fingerprint density at radius 2 is 2.16 bits per heavy atom. The average molecular weight is 299 g/mol. The van der Waals surface area contributed by atoms with Crippen LogP contribution in [-0.2, 0) is 10.0 Å². The average Bonchev–Trinajstić information content (AvgIpc) is 2.38. The molecule has 1 aromatic carbocycles. The summed E-state index contributed by atoms with van der Waals surface area (Å²) in [5.41, 5.74) is 0. The molecule has 0 saturated heterocycles. The Morgan fingerprint density at radius 1 is 1.47 bits per heavy atom. The lowest BCUT2D eigenvalue weighted by molar-refractivity contribution is 0.414. The van der Waals surface area contributed by atoms with E-state index in [1.54, 1.807) is 6.07 Å². The van der Waals surface area contributed by atoms with Crippen molar-refractivity contribution in [2.75, 3.05) is 20.2 Å². The second-order valence-electron chi connectivity index (χ2n) is 3.43. The second-order valence-corrected chi connectivity index (χ2v) is 5.78. The van der Waals surface area contributed by atoms with E-state index in [1.807, 2.05) is 0 Å². The lowest BCUT2D eigenvalue weighted by Gasteiger charge is -2.17. The molecule has 5 nitrogen and oxygen atoms in total. The van der Waals surface area contributed by atoms with Crippen molar-refractivity contribution in [3.63, 3.8) is 0 Å². The van der Waals surface area contributed by atoms with Gasteiger partial charge in [0.05, 0.1) is 29.6 Å². The zero-order valence-corrected chi connectivity index (χ0v) is 11.7. The number of benzene rings is 1. The highest BCUT2D eigenvalue weighted by atomic mass is 35.5. The van der Waals surface area contributed by atoms with Crippen molar-refractivity contribution in [2.45, 2.75) is 4.90 Å². The van der Waals surface area contributed by atoms with Crippen LogP contribution in [0.25, 0.3) is 0 Å². The fourth-order valence-corrected chi connectivity index (χ4v) is 2.96. The van der Waals surface area contributed by atoms with Crippen molar-refractivity contribution >= 4 is 21.6 Å². The van der Waals surface area contributed by atoms with Gasteiger partial charge in [-0.2, -0.15) is 9.57 Å². The number of sulfonamides is 1. The number of rotatable bonds is 5. The Labute approximate surface area is 117 Å². The molecule has 0 aliphatic heterocycles. The first kappa shape index (κ1) is 15.3. The zero-order valence-electron chi connectivity index (χ0n) is 10.1. The van der Waals surface area contributed by atoms with Crippen LogP contribution in [0, 0.1) is 23.7 Å². The summed E-state index contributed by atoms with van der Waals surface area (Å²) >= 11 is 5.88. The quantitative estimate of drug-likeness (QED) is 0.610. The van der Waals surface area contributed by atoms with E-state index in [0.717, 1.165) is 4.31 Å². The van der Waals surface area contributed by atoms with E-state index in [1.165, 1.54) is 25.3 Å². The molecular formula is C12H11ClN2O3S. The SMILES string of the molecule is C#CCN(CC#N)S(=O)(=O)c1ccc(OC)c(Cl)c1. The third kappa shape index (κ3) is 3.39. The molecule has 0 radical (unpaired) electrons. The molecule has 1 aromatic rings. The molecule has 0 aliphatic carbocycles. The molecule has 19 heavy (non-hydrogen) atoms. The highest BCUT2D eigenvalue weighted by Gasteiger charge is 2.24. The maximum absolute atomic E-state index is 12.2. The Balaban J connectivity index is 3.23. The lowest BCUT2D eigenvalue weighted by Crippen LogP contribution is -2.31. The minimum absolute atomic E-state index is 0.0381. The molecule has 0 N–H and O–H groups in total. The van der Waals surface area contributed by atoms with Crippen LogP contribution in [0.2, 0.25) is 5.02 Å². The summed E-state index contributed by atoms with van der Waals surface area (Å²) < 4.78 is 30.3.